The van der Waals surface area contributed by atoms with E-state index in [0.717, 1.165) is 0 Å². The minimum atomic E-state index is -3.95. The van der Waals surface area contributed by atoms with Gasteiger partial charge in [0.25, 0.3) is 0 Å². The van der Waals surface area contributed by atoms with Gasteiger partial charge in [-0.3, -0.25) is 0 Å². The van der Waals surface area contributed by atoms with Crippen LogP contribution < -0.4 is 0 Å². The fourth-order valence-corrected chi connectivity index (χ4v) is 1.77. The first-order valence-corrected chi connectivity index (χ1v) is 5.29. The summed E-state index contributed by atoms with van der Waals surface area (Å²) in [5.74, 6) is 0.135. The van der Waals surface area contributed by atoms with Crippen LogP contribution >= 0.6 is 12.0 Å². The van der Waals surface area contributed by atoms with E-state index in [-0.39, 0.29) is 11.8 Å². The molecule has 0 amide bonds. The van der Waals surface area contributed by atoms with E-state index in [1.807, 2.05) is 0 Å². The maximum Gasteiger partial charge on any atom is 0.493 e. The fraction of sp³-hybridized carbons (Fsp3) is 1.00. The lowest BCUT2D eigenvalue weighted by Gasteiger charge is -2.06. The molecule has 0 saturated heterocycles. The van der Waals surface area contributed by atoms with Gasteiger partial charge in [0.2, 0.25) is 0 Å². The molecule has 0 rings (SSSR count). The van der Waals surface area contributed by atoms with Gasteiger partial charge in [-0.2, -0.15) is 0 Å². The van der Waals surface area contributed by atoms with E-state index in [9.17, 15) is 0 Å². The predicted octanol–water partition coefficient (Wildman–Crippen LogP) is -1.03. The molecule has 62 valence electrons. The van der Waals surface area contributed by atoms with E-state index in [1.54, 1.807) is 0 Å². The minimum Gasteiger partial charge on any atom is -0.390 e. The molecule has 0 aliphatic heterocycles. The van der Waals surface area contributed by atoms with E-state index in [0.29, 0.717) is 12.0 Å². The van der Waals surface area contributed by atoms with Crippen LogP contribution in [0, 0.1) is 0 Å². The van der Waals surface area contributed by atoms with Crippen molar-refractivity contribution < 1.29 is 29.0 Å². The van der Waals surface area contributed by atoms with Crippen LogP contribution in [0.4, 0.5) is 0 Å². The van der Waals surface area contributed by atoms with E-state index >= 15 is 0 Å². The maximum absolute atomic E-state index is 8.39. The second kappa shape index (κ2) is 5.04. The van der Waals surface area contributed by atoms with Crippen LogP contribution in [0.1, 0.15) is 0 Å². The Morgan fingerprint density at radius 1 is 1.30 bits per heavy atom. The van der Waals surface area contributed by atoms with Crippen molar-refractivity contribution >= 4 is 20.8 Å². The summed E-state index contributed by atoms with van der Waals surface area (Å²) < 4.78 is 3.89. The van der Waals surface area contributed by atoms with Crippen molar-refractivity contribution in [3.63, 3.8) is 0 Å². The summed E-state index contributed by atoms with van der Waals surface area (Å²) in [4.78, 5) is 25.2. The third-order valence-electron chi connectivity index (χ3n) is 0.599. The van der Waals surface area contributed by atoms with E-state index < -0.39 is 8.80 Å². The largest absolute Gasteiger partial charge is 0.493 e. The van der Waals surface area contributed by atoms with Crippen LogP contribution in [-0.2, 0) is 9.37 Å². The van der Waals surface area contributed by atoms with Gasteiger partial charge < -0.3 is 14.4 Å². The van der Waals surface area contributed by atoms with Crippen molar-refractivity contribution in [3.05, 3.63) is 0 Å². The smallest absolute Gasteiger partial charge is 0.390 e. The predicted molar refractivity (Wildman–Crippen MR) is 34.5 cm³/mol. The third kappa shape index (κ3) is 8.33. The number of rotatable bonds is 5. The number of hydrogen-bond donors (Lipinski definition) is 4. The molecule has 6 nitrogen and oxygen atoms in total. The molecule has 4 N–H and O–H groups in total. The maximum atomic E-state index is 8.39. The van der Waals surface area contributed by atoms with E-state index in [1.165, 1.54) is 0 Å². The summed E-state index contributed by atoms with van der Waals surface area (Å²) in [6.45, 7) is 0. The van der Waals surface area contributed by atoms with Crippen molar-refractivity contribution in [2.45, 2.75) is 6.04 Å². The minimum absolute atomic E-state index is 0.135. The van der Waals surface area contributed by atoms with Crippen molar-refractivity contribution in [3.8, 4) is 0 Å². The molecule has 0 fully saturated rings. The van der Waals surface area contributed by atoms with Gasteiger partial charge in [-0.05, 0) is 0 Å². The topological polar surface area (TPSA) is 99.4 Å². The normalized spacial score (nSPS) is 12.0. The van der Waals surface area contributed by atoms with Gasteiger partial charge in [-0.15, -0.1) is 4.33 Å². The lowest BCUT2D eigenvalue weighted by molar-refractivity contribution is -0.432. The summed E-state index contributed by atoms with van der Waals surface area (Å²) in [5, 5.41) is 10.8. The SMILES string of the molecule is OOOSCC[Si](O)(O)O. The highest BCUT2D eigenvalue weighted by Crippen LogP contribution is 2.08. The van der Waals surface area contributed by atoms with Gasteiger partial charge in [0.15, 0.2) is 0 Å². The highest BCUT2D eigenvalue weighted by atomic mass is 32.2. The first-order chi connectivity index (χ1) is 4.56. The number of hydrogen-bond acceptors (Lipinski definition) is 7. The van der Waals surface area contributed by atoms with Gasteiger partial charge >= 0.3 is 8.80 Å². The molecule has 0 aromatic heterocycles. The Hall–Kier alpha value is 0.327. The highest BCUT2D eigenvalue weighted by Gasteiger charge is 2.25. The quantitative estimate of drug-likeness (QED) is 0.144. The van der Waals surface area contributed by atoms with Gasteiger partial charge in [0.05, 0.1) is 0 Å². The zero-order chi connectivity index (χ0) is 8.04. The monoisotopic (exact) mass is 188 g/mol. The second-order valence-corrected chi connectivity index (χ2v) is 4.32. The van der Waals surface area contributed by atoms with Crippen LogP contribution in [-0.4, -0.2) is 34.2 Å². The Morgan fingerprint density at radius 3 is 2.30 bits per heavy atom. The molecule has 0 bridgehead atoms. The molecule has 10 heavy (non-hydrogen) atoms. The average Bonchev–Trinajstić information content (AvgIpc) is 1.78. The molecule has 0 unspecified atom stereocenters. The Balaban J connectivity index is 3.04. The zero-order valence-corrected chi connectivity index (χ0v) is 6.74. The van der Waals surface area contributed by atoms with Crippen LogP contribution in [0.25, 0.3) is 0 Å². The molecule has 0 saturated carbocycles. The zero-order valence-electron chi connectivity index (χ0n) is 4.93. The molecule has 0 radical (unpaired) electrons. The molecule has 0 spiro atoms. The molecule has 8 heteroatoms. The summed E-state index contributed by atoms with van der Waals surface area (Å²) in [5.41, 5.74) is 0. The molecule has 0 aromatic rings. The Labute approximate surface area is 62.4 Å². The summed E-state index contributed by atoms with van der Waals surface area (Å²) in [6.07, 6.45) is 0. The Bertz CT molecular complexity index is 82.3. The molecule has 0 aliphatic carbocycles. The lowest BCUT2D eigenvalue weighted by atomic mass is 11.0. The van der Waals surface area contributed by atoms with Crippen LogP contribution in [0.2, 0.25) is 6.04 Å². The van der Waals surface area contributed by atoms with Crippen molar-refractivity contribution in [2.24, 2.45) is 0 Å². The second-order valence-electron chi connectivity index (χ2n) is 1.49. The molecular formula is C2H8O6SSi. The fourth-order valence-electron chi connectivity index (χ4n) is 0.234. The standard InChI is InChI=1S/C2H8O6SSi/c3-7-8-9-1-2-10(4,5)6/h3-6H,1-2H2. The van der Waals surface area contributed by atoms with Gasteiger partial charge in [-0.1, -0.05) is 5.04 Å². The average molecular weight is 188 g/mol. The van der Waals surface area contributed by atoms with Crippen molar-refractivity contribution in [1.29, 1.82) is 0 Å². The van der Waals surface area contributed by atoms with Crippen LogP contribution in [0.3, 0.4) is 0 Å². The van der Waals surface area contributed by atoms with Crippen molar-refractivity contribution in [2.75, 3.05) is 5.75 Å². The Morgan fingerprint density at radius 2 is 1.90 bits per heavy atom. The molecule has 0 aromatic carbocycles. The van der Waals surface area contributed by atoms with Gasteiger partial charge in [0.1, 0.15) is 0 Å². The first-order valence-electron chi connectivity index (χ1n) is 2.33. The summed E-state index contributed by atoms with van der Waals surface area (Å²) in [7, 11) is -3.95. The van der Waals surface area contributed by atoms with Crippen molar-refractivity contribution in [1.82, 2.24) is 0 Å². The van der Waals surface area contributed by atoms with Crippen LogP contribution in [0.15, 0.2) is 0 Å². The van der Waals surface area contributed by atoms with Gasteiger partial charge in [0, 0.05) is 23.8 Å². The van der Waals surface area contributed by atoms with E-state index in [2.05, 4.69) is 9.37 Å². The van der Waals surface area contributed by atoms with E-state index in [4.69, 9.17) is 19.6 Å². The molecular weight excluding hydrogens is 180 g/mol. The van der Waals surface area contributed by atoms with Gasteiger partial charge in [-0.25, -0.2) is 5.26 Å². The Kier molecular flexibility index (Phi) is 5.21. The third-order valence-corrected chi connectivity index (χ3v) is 2.41. The summed E-state index contributed by atoms with van der Waals surface area (Å²) in [6, 6.07) is -0.166. The first kappa shape index (κ1) is 10.3. The molecule has 0 atom stereocenters. The summed E-state index contributed by atoms with van der Waals surface area (Å²) >= 11 is 0.663. The highest BCUT2D eigenvalue weighted by molar-refractivity contribution is 7.94. The lowest BCUT2D eigenvalue weighted by Crippen LogP contribution is -2.34. The van der Waals surface area contributed by atoms with Crippen LogP contribution in [0.5, 0.6) is 0 Å². The molecule has 0 heterocycles. The molecule has 0 aliphatic rings.